The highest BCUT2D eigenvalue weighted by molar-refractivity contribution is 5.86. The van der Waals surface area contributed by atoms with E-state index in [-0.39, 0.29) is 5.97 Å². The van der Waals surface area contributed by atoms with Crippen molar-refractivity contribution in [3.8, 4) is 0 Å². The number of carbonyl (C=O) groups is 2. The van der Waals surface area contributed by atoms with E-state index in [1.54, 1.807) is 0 Å². The molecule has 1 spiro atoms. The summed E-state index contributed by atoms with van der Waals surface area (Å²) in [6.45, 7) is 9.69. The van der Waals surface area contributed by atoms with Crippen molar-refractivity contribution in [2.24, 2.45) is 10.6 Å². The van der Waals surface area contributed by atoms with E-state index < -0.39 is 22.6 Å². The summed E-state index contributed by atoms with van der Waals surface area (Å²) in [5.74, 6) is 0.719. The minimum Gasteiger partial charge on any atom is -0.466 e. The van der Waals surface area contributed by atoms with Gasteiger partial charge in [0, 0.05) is 13.1 Å². The normalized spacial score (nSPS) is 29.7. The molecule has 2 saturated heterocycles. The maximum atomic E-state index is 12.1. The van der Waals surface area contributed by atoms with E-state index >= 15 is 0 Å². The molecule has 0 aromatic carbocycles. The van der Waals surface area contributed by atoms with Crippen LogP contribution in [0.3, 0.4) is 0 Å². The van der Waals surface area contributed by atoms with Gasteiger partial charge in [-0.05, 0) is 40.5 Å². The molecule has 3 heterocycles. The lowest BCUT2D eigenvalue weighted by Gasteiger charge is -2.58. The first-order valence-electron chi connectivity index (χ1n) is 8.83. The Balaban J connectivity index is 1.60. The Hall–Kier alpha value is -1.99. The summed E-state index contributed by atoms with van der Waals surface area (Å²) in [4.78, 5) is 32.7. The van der Waals surface area contributed by atoms with Crippen LogP contribution in [-0.4, -0.2) is 70.2 Å². The van der Waals surface area contributed by atoms with Crippen molar-refractivity contribution in [3.05, 3.63) is 0 Å². The number of carbonyl (C=O) groups excluding carboxylic acids is 1. The number of nitrogens with zero attached hydrogens (tertiary/aromatic N) is 3. The highest BCUT2D eigenvalue weighted by Crippen LogP contribution is 2.48. The molecule has 1 unspecified atom stereocenters. The van der Waals surface area contributed by atoms with Gasteiger partial charge in [-0.2, -0.15) is 0 Å². The van der Waals surface area contributed by atoms with Crippen LogP contribution < -0.4 is 0 Å². The molecule has 2 fully saturated rings. The van der Waals surface area contributed by atoms with Gasteiger partial charge in [0.15, 0.2) is 5.60 Å². The van der Waals surface area contributed by atoms with E-state index in [1.807, 2.05) is 27.7 Å². The molecule has 8 nitrogen and oxygen atoms in total. The molecule has 25 heavy (non-hydrogen) atoms. The SMILES string of the molecule is CCOC(=O)C1(C)CCN(C2=NOC3(C2)CN(C(=O)O)C3(C)C)CC1. The molecule has 0 saturated carbocycles. The van der Waals surface area contributed by atoms with Gasteiger partial charge >= 0.3 is 12.1 Å². The Labute approximate surface area is 147 Å². The van der Waals surface area contributed by atoms with Crippen molar-refractivity contribution in [3.63, 3.8) is 0 Å². The zero-order valence-electron chi connectivity index (χ0n) is 15.4. The molecular weight excluding hydrogens is 326 g/mol. The molecule has 3 aliphatic heterocycles. The van der Waals surface area contributed by atoms with E-state index in [9.17, 15) is 14.7 Å². The lowest BCUT2D eigenvalue weighted by molar-refractivity contribution is -0.200. The summed E-state index contributed by atoms with van der Waals surface area (Å²) in [5, 5.41) is 13.5. The summed E-state index contributed by atoms with van der Waals surface area (Å²) in [5.41, 5.74) is -1.64. The number of hydrogen-bond acceptors (Lipinski definition) is 6. The van der Waals surface area contributed by atoms with Crippen molar-refractivity contribution in [1.82, 2.24) is 9.80 Å². The zero-order chi connectivity index (χ0) is 18.5. The largest absolute Gasteiger partial charge is 0.466 e. The van der Waals surface area contributed by atoms with Crippen molar-refractivity contribution >= 4 is 17.9 Å². The first-order chi connectivity index (χ1) is 11.7. The molecule has 8 heteroatoms. The van der Waals surface area contributed by atoms with E-state index in [2.05, 4.69) is 10.1 Å². The molecule has 3 aliphatic rings. The van der Waals surface area contributed by atoms with Crippen LogP contribution in [-0.2, 0) is 14.4 Å². The van der Waals surface area contributed by atoms with Gasteiger partial charge in [0.25, 0.3) is 0 Å². The number of carboxylic acid groups (broad SMARTS) is 1. The van der Waals surface area contributed by atoms with Crippen molar-refractivity contribution in [2.75, 3.05) is 26.2 Å². The second kappa shape index (κ2) is 5.78. The Morgan fingerprint density at radius 2 is 1.92 bits per heavy atom. The Bertz CT molecular complexity index is 609. The van der Waals surface area contributed by atoms with E-state index in [0.29, 0.717) is 32.4 Å². The number of ether oxygens (including phenoxy) is 1. The van der Waals surface area contributed by atoms with Crippen LogP contribution in [0.5, 0.6) is 0 Å². The number of hydrogen-bond donors (Lipinski definition) is 1. The predicted molar refractivity (Wildman–Crippen MR) is 90.2 cm³/mol. The topological polar surface area (TPSA) is 91.7 Å². The van der Waals surface area contributed by atoms with Crippen molar-refractivity contribution in [1.29, 1.82) is 0 Å². The summed E-state index contributed by atoms with van der Waals surface area (Å²) in [6.07, 6.45) is 1.08. The monoisotopic (exact) mass is 353 g/mol. The molecule has 1 N–H and O–H groups in total. The summed E-state index contributed by atoms with van der Waals surface area (Å²) in [6, 6.07) is 0. The number of amides is 1. The standard InChI is InChI=1S/C17H27N3O5/c1-5-24-13(21)16(4)6-8-19(9-7-16)12-10-17(25-18-12)11-20(14(22)23)15(17,2)3/h5-11H2,1-4H3,(H,22,23). The molecule has 0 aromatic heterocycles. The van der Waals surface area contributed by atoms with Gasteiger partial charge in [-0.3, -0.25) is 9.69 Å². The van der Waals surface area contributed by atoms with Crippen molar-refractivity contribution in [2.45, 2.75) is 58.1 Å². The van der Waals surface area contributed by atoms with E-state index in [4.69, 9.17) is 9.57 Å². The quantitative estimate of drug-likeness (QED) is 0.762. The molecular formula is C17H27N3O5. The summed E-state index contributed by atoms with van der Waals surface area (Å²) in [7, 11) is 0. The first kappa shape index (κ1) is 17.8. The van der Waals surface area contributed by atoms with Crippen LogP contribution in [0.1, 0.15) is 47.0 Å². The summed E-state index contributed by atoms with van der Waals surface area (Å²) < 4.78 is 5.19. The second-order valence-corrected chi connectivity index (χ2v) is 7.97. The summed E-state index contributed by atoms with van der Waals surface area (Å²) >= 11 is 0. The smallest absolute Gasteiger partial charge is 0.408 e. The van der Waals surface area contributed by atoms with Gasteiger partial charge < -0.3 is 19.6 Å². The Morgan fingerprint density at radius 3 is 2.44 bits per heavy atom. The Morgan fingerprint density at radius 1 is 1.28 bits per heavy atom. The highest BCUT2D eigenvalue weighted by atomic mass is 16.7. The van der Waals surface area contributed by atoms with Crippen LogP contribution in [0.4, 0.5) is 4.79 Å². The average Bonchev–Trinajstić information content (AvgIpc) is 3.01. The third-order valence-corrected chi connectivity index (χ3v) is 6.20. The molecule has 140 valence electrons. The lowest BCUT2D eigenvalue weighted by Crippen LogP contribution is -2.77. The second-order valence-electron chi connectivity index (χ2n) is 7.97. The molecule has 0 aliphatic carbocycles. The number of amidine groups is 1. The first-order valence-corrected chi connectivity index (χ1v) is 8.83. The molecule has 1 amide bonds. The van der Waals surface area contributed by atoms with Gasteiger partial charge in [0.1, 0.15) is 5.84 Å². The molecule has 0 bridgehead atoms. The Kier molecular flexibility index (Phi) is 4.12. The minimum atomic E-state index is -0.934. The van der Waals surface area contributed by atoms with Gasteiger partial charge in [0.05, 0.1) is 30.5 Å². The van der Waals surface area contributed by atoms with Crippen molar-refractivity contribution < 1.29 is 24.3 Å². The third kappa shape index (κ3) is 2.62. The lowest BCUT2D eigenvalue weighted by atomic mass is 9.70. The van der Waals surface area contributed by atoms with Gasteiger partial charge in [0.2, 0.25) is 0 Å². The number of esters is 1. The van der Waals surface area contributed by atoms with Gasteiger partial charge in [-0.15, -0.1) is 0 Å². The minimum absolute atomic E-state index is 0.132. The molecule has 0 aromatic rings. The van der Waals surface area contributed by atoms with Crippen LogP contribution >= 0.6 is 0 Å². The number of piperidine rings is 1. The third-order valence-electron chi connectivity index (χ3n) is 6.20. The van der Waals surface area contributed by atoms with Crippen LogP contribution in [0.2, 0.25) is 0 Å². The molecule has 1 atom stereocenters. The van der Waals surface area contributed by atoms with E-state index in [1.165, 1.54) is 4.90 Å². The highest BCUT2D eigenvalue weighted by Gasteiger charge is 2.66. The fourth-order valence-corrected chi connectivity index (χ4v) is 3.92. The number of likely N-dealkylation sites (tertiary alicyclic amines) is 2. The van der Waals surface area contributed by atoms with Gasteiger partial charge in [-0.1, -0.05) is 5.16 Å². The van der Waals surface area contributed by atoms with Gasteiger partial charge in [-0.25, -0.2) is 4.79 Å². The van der Waals surface area contributed by atoms with E-state index in [0.717, 1.165) is 18.9 Å². The predicted octanol–water partition coefficient (Wildman–Crippen LogP) is 1.90. The van der Waals surface area contributed by atoms with Crippen LogP contribution in [0.15, 0.2) is 5.16 Å². The maximum absolute atomic E-state index is 12.1. The molecule has 3 rings (SSSR count). The average molecular weight is 353 g/mol. The molecule has 0 radical (unpaired) electrons. The van der Waals surface area contributed by atoms with Crippen LogP contribution in [0, 0.1) is 5.41 Å². The number of oxime groups is 1. The fourth-order valence-electron chi connectivity index (χ4n) is 3.92. The zero-order valence-corrected chi connectivity index (χ0v) is 15.4. The maximum Gasteiger partial charge on any atom is 0.408 e. The fraction of sp³-hybridized carbons (Fsp3) is 0.824. The number of rotatable bonds is 2. The van der Waals surface area contributed by atoms with Crippen LogP contribution in [0.25, 0.3) is 0 Å².